The van der Waals surface area contributed by atoms with Gasteiger partial charge in [-0.25, -0.2) is 18.2 Å². The van der Waals surface area contributed by atoms with Gasteiger partial charge in [0.2, 0.25) is 21.8 Å². The molecule has 0 radical (unpaired) electrons. The van der Waals surface area contributed by atoms with Gasteiger partial charge in [0.05, 0.1) is 24.0 Å². The second kappa shape index (κ2) is 17.4. The van der Waals surface area contributed by atoms with Gasteiger partial charge < -0.3 is 34.9 Å². The highest BCUT2D eigenvalue weighted by Gasteiger charge is 2.62. The molecule has 3 aliphatic carbocycles. The van der Waals surface area contributed by atoms with Gasteiger partial charge in [-0.1, -0.05) is 12.2 Å². The molecule has 2 heterocycles. The lowest BCUT2D eigenvalue weighted by Crippen LogP contribution is -2.55. The smallest absolute Gasteiger partial charge is 0.497 e. The zero-order valence-corrected chi connectivity index (χ0v) is 35.5. The standard InChI is InChI=1S/C43H50F3N5O10S/c1-41(2,3)61-40(55)49-35-23-47-17-7-5-6-8-26-22-42(26,39(54)51-62(56,57)30-14-15-30)50-37(53)33-21-29(20-32(33)36(35)52)59-38-31-16-13-28(58-4)18-25(31)19-34(48-38)24-9-11-27(12-10-24)60-43(44,45)46/h6,8-13,16,18-19,26,29-30,32-33,35,47H,5,7,14-15,17,20-23H2,1-4H3,(H,49,55)(H,50,53)(H,51,54)/b8-6-/t26-,29?,32?,33-,35+,42-/m1/s1. The predicted molar refractivity (Wildman–Crippen MR) is 220 cm³/mol. The van der Waals surface area contributed by atoms with E-state index in [-0.39, 0.29) is 31.7 Å². The van der Waals surface area contributed by atoms with Crippen molar-refractivity contribution in [2.45, 2.75) is 101 Å². The number of halogens is 3. The van der Waals surface area contributed by atoms with Crippen molar-refractivity contribution in [1.29, 1.82) is 0 Å². The number of amides is 3. The van der Waals surface area contributed by atoms with Crippen LogP contribution in [0.2, 0.25) is 0 Å². The van der Waals surface area contributed by atoms with Crippen LogP contribution in [0.5, 0.6) is 17.4 Å². The van der Waals surface area contributed by atoms with E-state index >= 15 is 0 Å². The molecule has 1 aliphatic heterocycles. The Labute approximate surface area is 356 Å². The molecule has 0 bridgehead atoms. The van der Waals surface area contributed by atoms with Gasteiger partial charge >= 0.3 is 12.5 Å². The SMILES string of the molecule is COc1ccc2c(OC3CC4C(=O)[C@@H](NC(=O)OC(C)(C)C)CNCCC/C=C\[C@@H]5C[C@@]5(C(=O)NS(=O)(=O)C5CC5)NC(=O)[C@@H]4C3)nc(-c3ccc(OC(F)(F)F)cc3)cc2c1. The third-order valence-electron chi connectivity index (χ3n) is 11.3. The topological polar surface area (TPSA) is 200 Å². The number of ketones is 1. The second-order valence-electron chi connectivity index (χ2n) is 17.2. The number of pyridine rings is 1. The fourth-order valence-electron chi connectivity index (χ4n) is 8.00. The molecule has 334 valence electrons. The van der Waals surface area contributed by atoms with Crippen molar-refractivity contribution < 1.29 is 59.7 Å². The number of alkyl halides is 3. The Morgan fingerprint density at radius 1 is 0.968 bits per heavy atom. The first kappa shape index (κ1) is 44.6. The molecule has 62 heavy (non-hydrogen) atoms. The van der Waals surface area contributed by atoms with Crippen LogP contribution >= 0.6 is 0 Å². The van der Waals surface area contributed by atoms with Gasteiger partial charge in [-0.05, 0) is 126 Å². The van der Waals surface area contributed by atoms with Crippen LogP contribution in [-0.2, 0) is 29.1 Å². The number of hydrogen-bond acceptors (Lipinski definition) is 12. The lowest BCUT2D eigenvalue weighted by Gasteiger charge is -2.27. The van der Waals surface area contributed by atoms with Gasteiger partial charge in [0, 0.05) is 29.3 Å². The Balaban J connectivity index is 1.23. The minimum absolute atomic E-state index is 0.0188. The molecule has 3 saturated carbocycles. The van der Waals surface area contributed by atoms with Crippen molar-refractivity contribution in [3.05, 3.63) is 60.7 Å². The Kier molecular flexibility index (Phi) is 12.5. The first-order valence-electron chi connectivity index (χ1n) is 20.5. The van der Waals surface area contributed by atoms with Gasteiger partial charge in [-0.15, -0.1) is 13.2 Å². The van der Waals surface area contributed by atoms with Crippen molar-refractivity contribution >= 4 is 44.5 Å². The molecule has 1 aromatic heterocycles. The van der Waals surface area contributed by atoms with Crippen LogP contribution in [0.25, 0.3) is 22.0 Å². The molecule has 7 rings (SSSR count). The largest absolute Gasteiger partial charge is 0.573 e. The zero-order valence-electron chi connectivity index (χ0n) is 34.7. The lowest BCUT2D eigenvalue weighted by atomic mass is 9.87. The van der Waals surface area contributed by atoms with Gasteiger partial charge in [-0.3, -0.25) is 19.1 Å². The molecule has 3 aromatic rings. The van der Waals surface area contributed by atoms with Gasteiger partial charge in [0.25, 0.3) is 5.91 Å². The molecule has 3 amide bonds. The van der Waals surface area contributed by atoms with E-state index in [1.54, 1.807) is 51.1 Å². The highest BCUT2D eigenvalue weighted by Crippen LogP contribution is 2.47. The summed E-state index contributed by atoms with van der Waals surface area (Å²) in [5.41, 5.74) is -1.70. The molecule has 2 unspecified atom stereocenters. The van der Waals surface area contributed by atoms with Crippen LogP contribution in [0.15, 0.2) is 60.7 Å². The summed E-state index contributed by atoms with van der Waals surface area (Å²) in [6.45, 7) is 5.54. The fraction of sp³-hybridized carbons (Fsp3) is 0.512. The van der Waals surface area contributed by atoms with E-state index in [0.717, 1.165) is 12.1 Å². The van der Waals surface area contributed by atoms with Crippen LogP contribution < -0.4 is 34.9 Å². The predicted octanol–water partition coefficient (Wildman–Crippen LogP) is 5.47. The third-order valence-corrected chi connectivity index (χ3v) is 13.1. The molecule has 4 N–H and O–H groups in total. The molecule has 6 atom stereocenters. The number of carbonyl (C=O) groups is 4. The number of hydrogen-bond donors (Lipinski definition) is 4. The van der Waals surface area contributed by atoms with E-state index in [9.17, 15) is 40.8 Å². The summed E-state index contributed by atoms with van der Waals surface area (Å²) < 4.78 is 88.3. The molecular formula is C43H50F3N5O10S. The zero-order chi connectivity index (χ0) is 44.6. The quantitative estimate of drug-likeness (QED) is 0.198. The maximum Gasteiger partial charge on any atom is 0.573 e. The number of nitrogens with one attached hydrogen (secondary N) is 4. The fourth-order valence-corrected chi connectivity index (χ4v) is 9.37. The summed E-state index contributed by atoms with van der Waals surface area (Å²) in [6.07, 6.45) is -0.717. The molecule has 2 aromatic carbocycles. The van der Waals surface area contributed by atoms with Crippen molar-refractivity contribution in [2.24, 2.45) is 17.8 Å². The second-order valence-corrected chi connectivity index (χ2v) is 19.2. The first-order valence-corrected chi connectivity index (χ1v) is 22.1. The van der Waals surface area contributed by atoms with Gasteiger partial charge in [0.1, 0.15) is 34.8 Å². The molecule has 19 heteroatoms. The van der Waals surface area contributed by atoms with Crippen LogP contribution in [0.1, 0.15) is 65.7 Å². The van der Waals surface area contributed by atoms with Crippen LogP contribution in [-0.4, -0.2) is 92.2 Å². The highest BCUT2D eigenvalue weighted by molar-refractivity contribution is 7.91. The highest BCUT2D eigenvalue weighted by atomic mass is 32.2. The molecular weight excluding hydrogens is 836 g/mol. The van der Waals surface area contributed by atoms with E-state index in [4.69, 9.17) is 19.2 Å². The number of sulfonamides is 1. The van der Waals surface area contributed by atoms with E-state index in [1.165, 1.54) is 19.2 Å². The number of benzene rings is 2. The molecule has 15 nitrogen and oxygen atoms in total. The van der Waals surface area contributed by atoms with E-state index in [0.29, 0.717) is 60.0 Å². The summed E-state index contributed by atoms with van der Waals surface area (Å²) in [5.74, 6) is -4.49. The van der Waals surface area contributed by atoms with Crippen molar-refractivity contribution in [3.63, 3.8) is 0 Å². The Morgan fingerprint density at radius 3 is 2.35 bits per heavy atom. The minimum atomic E-state index is -4.88. The Hall–Kier alpha value is -5.43. The summed E-state index contributed by atoms with van der Waals surface area (Å²) in [5, 5.41) is 9.23. The van der Waals surface area contributed by atoms with Crippen molar-refractivity contribution in [3.8, 4) is 28.6 Å². The number of aromatic nitrogens is 1. The third kappa shape index (κ3) is 10.6. The Morgan fingerprint density at radius 2 is 1.68 bits per heavy atom. The summed E-state index contributed by atoms with van der Waals surface area (Å²) >= 11 is 0. The molecule has 3 fully saturated rings. The maximum atomic E-state index is 14.7. The van der Waals surface area contributed by atoms with E-state index < -0.39 is 92.1 Å². The molecule has 4 aliphatic rings. The number of methoxy groups -OCH3 is 1. The number of rotatable bonds is 9. The number of allylic oxidation sites excluding steroid dienone is 1. The van der Waals surface area contributed by atoms with E-state index in [1.807, 2.05) is 6.08 Å². The van der Waals surface area contributed by atoms with E-state index in [2.05, 4.69) is 25.4 Å². The number of fused-ring (bicyclic) bond motifs is 3. The van der Waals surface area contributed by atoms with Crippen LogP contribution in [0, 0.1) is 17.8 Å². The molecule has 0 spiro atoms. The number of nitrogens with zero attached hydrogens (tertiary/aromatic N) is 1. The van der Waals surface area contributed by atoms with Crippen LogP contribution in [0.3, 0.4) is 0 Å². The summed E-state index contributed by atoms with van der Waals surface area (Å²) in [7, 11) is -2.47. The summed E-state index contributed by atoms with van der Waals surface area (Å²) in [4.78, 5) is 60.9. The maximum absolute atomic E-state index is 14.7. The average Bonchev–Trinajstić information content (AvgIpc) is 4.12. The van der Waals surface area contributed by atoms with Gasteiger partial charge in [-0.2, -0.15) is 0 Å². The van der Waals surface area contributed by atoms with Crippen molar-refractivity contribution in [2.75, 3.05) is 20.2 Å². The van der Waals surface area contributed by atoms with Gasteiger partial charge in [0.15, 0.2) is 5.78 Å². The number of ether oxygens (including phenoxy) is 4. The average molecular weight is 886 g/mol. The summed E-state index contributed by atoms with van der Waals surface area (Å²) in [6, 6.07) is 10.9. The minimum Gasteiger partial charge on any atom is -0.497 e. The first-order chi connectivity index (χ1) is 29.2. The Bertz CT molecular complexity index is 2350. The monoisotopic (exact) mass is 885 g/mol. The number of carbonyl (C=O) groups excluding carboxylic acids is 4. The van der Waals surface area contributed by atoms with Crippen molar-refractivity contribution in [1.82, 2.24) is 25.7 Å². The van der Waals surface area contributed by atoms with Crippen LogP contribution in [0.4, 0.5) is 18.0 Å². The normalized spacial score (nSPS) is 26.4. The number of alkyl carbamates (subject to hydrolysis) is 1. The lowest BCUT2D eigenvalue weighted by molar-refractivity contribution is -0.274. The molecule has 0 saturated heterocycles. The number of Topliss-reactive ketones (excluding diaryl/α,β-unsaturated/α-hetero) is 1.